The molecule has 0 aliphatic rings. The highest BCUT2D eigenvalue weighted by Crippen LogP contribution is 2.21. The molecule has 98 valence electrons. The van der Waals surface area contributed by atoms with E-state index in [0.717, 1.165) is 30.0 Å². The number of methoxy groups -OCH3 is 1. The molecular formula is C12H22BrN3O. The molecule has 4 nitrogen and oxygen atoms in total. The molecule has 0 saturated heterocycles. The summed E-state index contributed by atoms with van der Waals surface area (Å²) in [6.07, 6.45) is 0.894. The number of alkyl halides is 1. The van der Waals surface area contributed by atoms with E-state index in [2.05, 4.69) is 58.4 Å². The minimum atomic E-state index is 0.00866. The monoisotopic (exact) mass is 303 g/mol. The molecule has 5 heteroatoms. The first-order valence-electron chi connectivity index (χ1n) is 5.88. The zero-order valence-electron chi connectivity index (χ0n) is 11.3. The van der Waals surface area contributed by atoms with E-state index in [1.807, 2.05) is 0 Å². The first kappa shape index (κ1) is 14.6. The molecule has 0 aliphatic heterocycles. The van der Waals surface area contributed by atoms with Gasteiger partial charge in [0.05, 0.1) is 5.33 Å². The van der Waals surface area contributed by atoms with Gasteiger partial charge in [0, 0.05) is 25.7 Å². The van der Waals surface area contributed by atoms with Crippen LogP contribution < -0.4 is 0 Å². The smallest absolute Gasteiger partial charge is 0.144 e. The molecule has 0 radical (unpaired) electrons. The van der Waals surface area contributed by atoms with E-state index in [1.54, 1.807) is 7.11 Å². The van der Waals surface area contributed by atoms with Gasteiger partial charge in [0.25, 0.3) is 0 Å². The van der Waals surface area contributed by atoms with Gasteiger partial charge in [-0.1, -0.05) is 22.9 Å². The molecule has 1 heterocycles. The average Bonchev–Trinajstić information content (AvgIpc) is 2.60. The standard InChI is InChI=1S/C12H22BrN3O/c1-9(8-17-5)6-10-14-15-11(7-13)16(10)12(2,3)4/h9H,6-8H2,1-5H3. The van der Waals surface area contributed by atoms with Crippen LogP contribution in [-0.4, -0.2) is 28.5 Å². The summed E-state index contributed by atoms with van der Waals surface area (Å²) in [5.41, 5.74) is 0.00866. The molecule has 1 aromatic rings. The van der Waals surface area contributed by atoms with Crippen LogP contribution in [0.2, 0.25) is 0 Å². The van der Waals surface area contributed by atoms with Crippen molar-refractivity contribution in [3.05, 3.63) is 11.6 Å². The lowest BCUT2D eigenvalue weighted by Gasteiger charge is -2.25. The van der Waals surface area contributed by atoms with E-state index in [9.17, 15) is 0 Å². The Morgan fingerprint density at radius 1 is 1.29 bits per heavy atom. The van der Waals surface area contributed by atoms with E-state index in [0.29, 0.717) is 5.92 Å². The van der Waals surface area contributed by atoms with Crippen molar-refractivity contribution < 1.29 is 4.74 Å². The molecule has 0 aromatic carbocycles. The fraction of sp³-hybridized carbons (Fsp3) is 0.833. The van der Waals surface area contributed by atoms with E-state index < -0.39 is 0 Å². The molecule has 1 aromatic heterocycles. The summed E-state index contributed by atoms with van der Waals surface area (Å²) in [4.78, 5) is 0. The number of hydrogen-bond acceptors (Lipinski definition) is 3. The van der Waals surface area contributed by atoms with Crippen LogP contribution in [0.15, 0.2) is 0 Å². The van der Waals surface area contributed by atoms with Gasteiger partial charge in [0.1, 0.15) is 11.6 Å². The van der Waals surface area contributed by atoms with Gasteiger partial charge in [0.2, 0.25) is 0 Å². The number of rotatable bonds is 5. The van der Waals surface area contributed by atoms with Crippen molar-refractivity contribution in [3.63, 3.8) is 0 Å². The summed E-state index contributed by atoms with van der Waals surface area (Å²) < 4.78 is 7.38. The third kappa shape index (κ3) is 3.78. The fourth-order valence-electron chi connectivity index (χ4n) is 2.00. The van der Waals surface area contributed by atoms with E-state index >= 15 is 0 Å². The zero-order chi connectivity index (χ0) is 13.1. The summed E-state index contributed by atoms with van der Waals surface area (Å²) in [5.74, 6) is 2.47. The maximum absolute atomic E-state index is 5.17. The Balaban J connectivity index is 2.96. The van der Waals surface area contributed by atoms with Gasteiger partial charge in [-0.15, -0.1) is 10.2 Å². The fourth-order valence-corrected chi connectivity index (χ4v) is 2.36. The molecule has 0 fully saturated rings. The van der Waals surface area contributed by atoms with Crippen LogP contribution in [-0.2, 0) is 22.0 Å². The van der Waals surface area contributed by atoms with Crippen molar-refractivity contribution in [2.75, 3.05) is 13.7 Å². The van der Waals surface area contributed by atoms with Gasteiger partial charge >= 0.3 is 0 Å². The first-order chi connectivity index (χ1) is 7.90. The highest BCUT2D eigenvalue weighted by atomic mass is 79.9. The van der Waals surface area contributed by atoms with Crippen molar-refractivity contribution in [2.45, 2.75) is 45.0 Å². The van der Waals surface area contributed by atoms with Crippen molar-refractivity contribution in [3.8, 4) is 0 Å². The molecule has 17 heavy (non-hydrogen) atoms. The summed E-state index contributed by atoms with van der Waals surface area (Å²) in [5, 5.41) is 9.27. The van der Waals surface area contributed by atoms with Gasteiger partial charge in [-0.05, 0) is 26.7 Å². The average molecular weight is 304 g/mol. The van der Waals surface area contributed by atoms with Crippen LogP contribution in [0.1, 0.15) is 39.3 Å². The molecule has 1 atom stereocenters. The lowest BCUT2D eigenvalue weighted by molar-refractivity contribution is 0.157. The normalized spacial score (nSPS) is 14.0. The molecule has 1 rings (SSSR count). The molecule has 0 aliphatic carbocycles. The van der Waals surface area contributed by atoms with Gasteiger partial charge in [0.15, 0.2) is 0 Å². The second kappa shape index (κ2) is 5.96. The Bertz CT molecular complexity index is 357. The van der Waals surface area contributed by atoms with Crippen molar-refractivity contribution in [1.29, 1.82) is 0 Å². The summed E-state index contributed by atoms with van der Waals surface area (Å²) in [6.45, 7) is 9.44. The Morgan fingerprint density at radius 3 is 2.35 bits per heavy atom. The van der Waals surface area contributed by atoms with Gasteiger partial charge in [-0.3, -0.25) is 0 Å². The maximum Gasteiger partial charge on any atom is 0.144 e. The Hall–Kier alpha value is -0.420. The molecule has 0 saturated carbocycles. The minimum Gasteiger partial charge on any atom is -0.384 e. The van der Waals surface area contributed by atoms with Crippen LogP contribution in [0.25, 0.3) is 0 Å². The number of hydrogen-bond donors (Lipinski definition) is 0. The largest absolute Gasteiger partial charge is 0.384 e. The third-order valence-electron chi connectivity index (χ3n) is 2.57. The van der Waals surface area contributed by atoms with E-state index in [1.165, 1.54) is 0 Å². The number of nitrogens with zero attached hydrogens (tertiary/aromatic N) is 3. The molecular weight excluding hydrogens is 282 g/mol. The van der Waals surface area contributed by atoms with Crippen LogP contribution in [0, 0.1) is 5.92 Å². The number of aromatic nitrogens is 3. The summed E-state index contributed by atoms with van der Waals surface area (Å²) in [7, 11) is 1.73. The van der Waals surface area contributed by atoms with Crippen LogP contribution in [0.4, 0.5) is 0 Å². The Kier molecular flexibility index (Phi) is 5.13. The van der Waals surface area contributed by atoms with Crippen LogP contribution in [0.5, 0.6) is 0 Å². The second-order valence-corrected chi connectivity index (χ2v) is 6.00. The second-order valence-electron chi connectivity index (χ2n) is 5.44. The molecule has 0 amide bonds. The summed E-state index contributed by atoms with van der Waals surface area (Å²) in [6, 6.07) is 0. The van der Waals surface area contributed by atoms with E-state index in [-0.39, 0.29) is 5.54 Å². The van der Waals surface area contributed by atoms with Crippen LogP contribution in [0.3, 0.4) is 0 Å². The predicted octanol–water partition coefficient (Wildman–Crippen LogP) is 2.75. The zero-order valence-corrected chi connectivity index (χ0v) is 12.9. The highest BCUT2D eigenvalue weighted by Gasteiger charge is 2.23. The predicted molar refractivity (Wildman–Crippen MR) is 72.4 cm³/mol. The van der Waals surface area contributed by atoms with Crippen molar-refractivity contribution >= 4 is 15.9 Å². The molecule has 1 unspecified atom stereocenters. The van der Waals surface area contributed by atoms with Gasteiger partial charge < -0.3 is 9.30 Å². The lowest BCUT2D eigenvalue weighted by atomic mass is 10.1. The first-order valence-corrected chi connectivity index (χ1v) is 7.00. The number of halogens is 1. The Morgan fingerprint density at radius 2 is 1.88 bits per heavy atom. The van der Waals surface area contributed by atoms with Crippen LogP contribution >= 0.6 is 15.9 Å². The van der Waals surface area contributed by atoms with Crippen molar-refractivity contribution in [2.24, 2.45) is 5.92 Å². The highest BCUT2D eigenvalue weighted by molar-refractivity contribution is 9.08. The molecule has 0 bridgehead atoms. The maximum atomic E-state index is 5.17. The van der Waals surface area contributed by atoms with E-state index in [4.69, 9.17) is 4.74 Å². The Labute approximate surface area is 112 Å². The quantitative estimate of drug-likeness (QED) is 0.785. The molecule has 0 spiro atoms. The minimum absolute atomic E-state index is 0.00866. The topological polar surface area (TPSA) is 39.9 Å². The third-order valence-corrected chi connectivity index (χ3v) is 3.07. The van der Waals surface area contributed by atoms with Gasteiger partial charge in [-0.2, -0.15) is 0 Å². The molecule has 0 N–H and O–H groups in total. The van der Waals surface area contributed by atoms with Gasteiger partial charge in [-0.25, -0.2) is 0 Å². The van der Waals surface area contributed by atoms with Crippen molar-refractivity contribution in [1.82, 2.24) is 14.8 Å². The SMILES string of the molecule is COCC(C)Cc1nnc(CBr)n1C(C)(C)C. The summed E-state index contributed by atoms with van der Waals surface area (Å²) >= 11 is 3.46. The number of ether oxygens (including phenoxy) is 1. The lowest BCUT2D eigenvalue weighted by Crippen LogP contribution is -2.27.